The lowest BCUT2D eigenvalue weighted by Gasteiger charge is -2.21. The van der Waals surface area contributed by atoms with Gasteiger partial charge in [-0.3, -0.25) is 0 Å². The molecule has 10 aromatic carbocycles. The molecule has 0 N–H and O–H groups in total. The Labute approximate surface area is 493 Å². The lowest BCUT2D eigenvalue weighted by Crippen LogP contribution is -2.11. The smallest absolute Gasteiger partial charge is 0.0622 e. The largest absolute Gasteiger partial charge is 0.0626 e. The Bertz CT molecular complexity index is 3630. The molecular weight excluding hydrogens is 961 g/mol. The number of fused-ring (bicyclic) bond motifs is 2. The molecule has 80 heavy (non-hydrogen) atoms. The van der Waals surface area contributed by atoms with Crippen molar-refractivity contribution in [2.75, 3.05) is 0 Å². The fourth-order valence-electron chi connectivity index (χ4n) is 8.69. The van der Waals surface area contributed by atoms with E-state index in [0.717, 1.165) is 0 Å². The summed E-state index contributed by atoms with van der Waals surface area (Å²) in [7, 11) is 0. The summed E-state index contributed by atoms with van der Waals surface area (Å²) < 4.78 is 37.9. The first-order valence-electron chi connectivity index (χ1n) is 31.0. The van der Waals surface area contributed by atoms with Crippen molar-refractivity contribution < 1.29 is 6.85 Å². The zero-order valence-corrected chi connectivity index (χ0v) is 51.9. The minimum Gasteiger partial charge on any atom is -0.0622 e. The Morgan fingerprint density at radius 1 is 0.225 bits per heavy atom. The third-order valence-corrected chi connectivity index (χ3v) is 13.8. The van der Waals surface area contributed by atoms with Crippen LogP contribution in [0.2, 0.25) is 0 Å². The highest BCUT2D eigenvalue weighted by Crippen LogP contribution is 2.31. The monoisotopic (exact) mass is 1060 g/mol. The van der Waals surface area contributed by atoms with Gasteiger partial charge in [0.2, 0.25) is 0 Å². The summed E-state index contributed by atoms with van der Waals surface area (Å²) in [4.78, 5) is 0. The predicted molar refractivity (Wildman–Crippen MR) is 357 cm³/mol. The van der Waals surface area contributed by atoms with E-state index < -0.39 is 5.41 Å². The number of rotatable bonds is 2. The molecule has 0 fully saturated rings. The van der Waals surface area contributed by atoms with Crippen molar-refractivity contribution in [1.29, 1.82) is 0 Å². The molecule has 0 spiro atoms. The molecule has 0 aliphatic rings. The van der Waals surface area contributed by atoms with E-state index in [0.29, 0.717) is 11.0 Å². The van der Waals surface area contributed by atoms with Gasteiger partial charge in [0.1, 0.15) is 0 Å². The molecule has 0 aliphatic heterocycles. The van der Waals surface area contributed by atoms with E-state index in [4.69, 9.17) is 6.85 Å². The minimum atomic E-state index is -0.451. The van der Waals surface area contributed by atoms with E-state index in [9.17, 15) is 0 Å². The van der Waals surface area contributed by atoms with Crippen LogP contribution in [0.5, 0.6) is 0 Å². The number of benzene rings is 10. The summed E-state index contributed by atoms with van der Waals surface area (Å²) in [5.74, 6) is 0. The Balaban J connectivity index is 0.000000187. The van der Waals surface area contributed by atoms with Gasteiger partial charge in [0.25, 0.3) is 0 Å². The van der Waals surface area contributed by atoms with Crippen LogP contribution in [0.15, 0.2) is 255 Å². The maximum Gasteiger partial charge on any atom is 0.0626 e. The topological polar surface area (TPSA) is 0 Å². The Kier molecular flexibility index (Phi) is 19.8. The summed E-state index contributed by atoms with van der Waals surface area (Å²) >= 11 is 0. The van der Waals surface area contributed by atoms with Crippen molar-refractivity contribution in [1.82, 2.24) is 0 Å². The van der Waals surface area contributed by atoms with E-state index in [1.807, 2.05) is 26.8 Å². The fraction of sp³-hybridized carbons (Fsp3) is 0.300. The molecule has 0 nitrogen and oxygen atoms in total. The van der Waals surface area contributed by atoms with Crippen molar-refractivity contribution in [3.63, 3.8) is 0 Å². The minimum absolute atomic E-state index is 0.103. The van der Waals surface area contributed by atoms with Gasteiger partial charge >= 0.3 is 0 Å². The highest BCUT2D eigenvalue weighted by molar-refractivity contribution is 5.86. The number of hydrogen-bond donors (Lipinski definition) is 0. The fourth-order valence-corrected chi connectivity index (χ4v) is 8.69. The van der Waals surface area contributed by atoms with Gasteiger partial charge in [0.15, 0.2) is 0 Å². The van der Waals surface area contributed by atoms with Crippen LogP contribution in [-0.4, -0.2) is 0 Å². The van der Waals surface area contributed by atoms with Crippen LogP contribution >= 0.6 is 0 Å². The predicted octanol–water partition coefficient (Wildman–Crippen LogP) is 23.5. The van der Waals surface area contributed by atoms with Crippen LogP contribution < -0.4 is 0 Å². The third-order valence-electron chi connectivity index (χ3n) is 13.8. The van der Waals surface area contributed by atoms with Crippen LogP contribution in [0.3, 0.4) is 0 Å². The van der Waals surface area contributed by atoms with E-state index in [-0.39, 0.29) is 51.9 Å². The molecule has 0 unspecified atom stereocenters. The molecule has 10 rings (SSSR count). The van der Waals surface area contributed by atoms with E-state index >= 15 is 0 Å². The average molecular weight is 1060 g/mol. The summed E-state index contributed by atoms with van der Waals surface area (Å²) in [5.41, 5.74) is 13.3. The molecule has 0 radical (unpaired) electrons. The van der Waals surface area contributed by atoms with Crippen LogP contribution in [0, 0.1) is 0 Å². The first kappa shape index (κ1) is 56.0. The summed E-state index contributed by atoms with van der Waals surface area (Å²) in [6.07, 6.45) is 0. The maximum absolute atomic E-state index is 7.72. The first-order chi connectivity index (χ1) is 39.6. The third kappa shape index (κ3) is 20.4. The molecule has 416 valence electrons. The first-order valence-corrected chi connectivity index (χ1v) is 28.5. The lowest BCUT2D eigenvalue weighted by molar-refractivity contribution is 0.590. The van der Waals surface area contributed by atoms with Crippen molar-refractivity contribution in [3.8, 4) is 22.3 Å². The molecule has 0 saturated heterocycles. The number of hydrogen-bond acceptors (Lipinski definition) is 0. The van der Waals surface area contributed by atoms with Gasteiger partial charge in [-0.2, -0.15) is 0 Å². The normalized spacial score (nSPS) is 12.5. The van der Waals surface area contributed by atoms with E-state index in [1.165, 1.54) is 71.6 Å². The van der Waals surface area contributed by atoms with Crippen molar-refractivity contribution >= 4 is 21.5 Å². The molecule has 0 amide bonds. The van der Waals surface area contributed by atoms with Gasteiger partial charge < -0.3 is 0 Å². The van der Waals surface area contributed by atoms with Crippen molar-refractivity contribution in [2.24, 2.45) is 0 Å². The second kappa shape index (κ2) is 28.2. The SMILES string of the molecule is CC(C)(C)c1ccc(-c2ccccc2)cc1.CC(C)(C)c1ccc2ccccc2c1.CC(C)(C)c1cccc(-c2ccccc2)c1.CC(C)(C)c1cccc2ccccc12.CC(C)(C)c1ccccc1.[2H]c1c([2H])c([2H])c(C(C)(C)C)c([2H])c1[2H]. The lowest BCUT2D eigenvalue weighted by atomic mass is 9.84. The van der Waals surface area contributed by atoms with Gasteiger partial charge in [0.05, 0.1) is 6.85 Å². The quantitative estimate of drug-likeness (QED) is 0.162. The molecule has 0 aliphatic carbocycles. The van der Waals surface area contributed by atoms with Gasteiger partial charge in [0, 0.05) is 0 Å². The summed E-state index contributed by atoms with van der Waals surface area (Å²) in [5, 5.41) is 5.36. The van der Waals surface area contributed by atoms with Gasteiger partial charge in [-0.25, -0.2) is 0 Å². The molecule has 0 saturated carbocycles. The molecule has 0 heterocycles. The Morgan fingerprint density at radius 3 is 1.06 bits per heavy atom. The maximum atomic E-state index is 7.72. The van der Waals surface area contributed by atoms with Gasteiger partial charge in [-0.05, 0) is 110 Å². The Morgan fingerprint density at radius 2 is 0.575 bits per heavy atom. The summed E-state index contributed by atoms with van der Waals surface area (Å²) in [6.45, 7) is 39.2. The average Bonchev–Trinajstić information content (AvgIpc) is 2.13. The Hall–Kier alpha value is -7.28. The van der Waals surface area contributed by atoms with Crippen molar-refractivity contribution in [3.05, 3.63) is 288 Å². The summed E-state index contributed by atoms with van der Waals surface area (Å²) in [6, 6.07) is 78.5. The standard InChI is InChI=1S/2C16H18.2C14H16.2C10H14/c1-16(2,3)15-11-7-10-14(12-15)13-8-5-4-6-9-13;1-16(2,3)15-11-9-14(10-12-15)13-7-5-4-6-8-13;1-14(2,3)13-10-6-8-11-7-4-5-9-12(11)13;1-14(2,3)13-9-8-11-6-4-5-7-12(11)10-13;2*1-10(2,3)9-7-5-4-6-8-9/h2*4-12H,1-3H3;2*4-10H,1-3H3;2*4-8H,1-3H3/i;;;;4D,5D,6D,7D,8D;. The highest BCUT2D eigenvalue weighted by atomic mass is 14.2. The van der Waals surface area contributed by atoms with Gasteiger partial charge in [-0.1, -0.05) is 379 Å². The molecule has 0 aromatic heterocycles. The van der Waals surface area contributed by atoms with Crippen LogP contribution in [0.25, 0.3) is 43.8 Å². The zero-order valence-electron chi connectivity index (χ0n) is 56.9. The molecule has 0 heteroatoms. The van der Waals surface area contributed by atoms with E-state index in [1.54, 1.807) is 0 Å². The second-order valence-corrected chi connectivity index (χ2v) is 26.8. The molecule has 0 bridgehead atoms. The van der Waals surface area contributed by atoms with Gasteiger partial charge in [-0.15, -0.1) is 0 Å². The zero-order chi connectivity index (χ0) is 63.1. The van der Waals surface area contributed by atoms with E-state index in [2.05, 4.69) is 322 Å². The highest BCUT2D eigenvalue weighted by Gasteiger charge is 2.18. The van der Waals surface area contributed by atoms with Crippen LogP contribution in [-0.2, 0) is 32.5 Å². The molecule has 0 atom stereocenters. The van der Waals surface area contributed by atoms with Crippen LogP contribution in [0.4, 0.5) is 0 Å². The molecule has 10 aromatic rings. The molecular formula is C80H96. The van der Waals surface area contributed by atoms with Crippen molar-refractivity contribution in [2.45, 2.75) is 157 Å². The van der Waals surface area contributed by atoms with Crippen LogP contribution in [0.1, 0.15) is 165 Å². The second-order valence-electron chi connectivity index (χ2n) is 26.8.